The fourth-order valence-electron chi connectivity index (χ4n) is 1.23. The van der Waals surface area contributed by atoms with Gasteiger partial charge in [-0.3, -0.25) is 9.59 Å². The number of ketones is 1. The Labute approximate surface area is 93.0 Å². The first kappa shape index (κ1) is 11.7. The molecule has 0 saturated carbocycles. The second-order valence-corrected chi connectivity index (χ2v) is 3.33. The Balaban J connectivity index is 3.34. The van der Waals surface area contributed by atoms with Crippen molar-refractivity contribution in [3.05, 3.63) is 28.3 Å². The molecule has 0 N–H and O–H groups in total. The highest BCUT2D eigenvalue weighted by molar-refractivity contribution is 6.35. The van der Waals surface area contributed by atoms with Crippen molar-refractivity contribution in [2.45, 2.75) is 13.8 Å². The number of Topliss-reactive ketones (excluding diaryl/α,β-unsaturated/α-hetero) is 1. The van der Waals surface area contributed by atoms with Gasteiger partial charge < -0.3 is 4.74 Å². The molecule has 1 aromatic carbocycles. The van der Waals surface area contributed by atoms with Crippen LogP contribution in [0.25, 0.3) is 0 Å². The standard InChI is InChI=1S/C11H11ClO3/c1-3-15-11-8(6-13)4-5-9(7(2)14)10(11)12/h4-6H,3H2,1-2H3. The minimum atomic E-state index is -0.154. The summed E-state index contributed by atoms with van der Waals surface area (Å²) in [4.78, 5) is 21.9. The molecule has 4 heteroatoms. The van der Waals surface area contributed by atoms with Crippen LogP contribution in [0.1, 0.15) is 34.6 Å². The molecule has 80 valence electrons. The molecule has 1 aromatic rings. The van der Waals surface area contributed by atoms with Gasteiger partial charge in [0.15, 0.2) is 12.1 Å². The Morgan fingerprint density at radius 1 is 1.53 bits per heavy atom. The van der Waals surface area contributed by atoms with E-state index >= 15 is 0 Å². The van der Waals surface area contributed by atoms with Gasteiger partial charge in [0.25, 0.3) is 0 Å². The van der Waals surface area contributed by atoms with E-state index in [0.29, 0.717) is 24.0 Å². The first-order valence-corrected chi connectivity index (χ1v) is 4.91. The van der Waals surface area contributed by atoms with Gasteiger partial charge in [-0.25, -0.2) is 0 Å². The molecule has 1 rings (SSSR count). The van der Waals surface area contributed by atoms with E-state index in [0.717, 1.165) is 0 Å². The summed E-state index contributed by atoms with van der Waals surface area (Å²) in [6, 6.07) is 3.05. The average molecular weight is 227 g/mol. The van der Waals surface area contributed by atoms with Crippen LogP contribution in [0.2, 0.25) is 5.02 Å². The van der Waals surface area contributed by atoms with Gasteiger partial charge in [-0.15, -0.1) is 0 Å². The van der Waals surface area contributed by atoms with Crippen LogP contribution >= 0.6 is 11.6 Å². The number of benzene rings is 1. The fourth-order valence-corrected chi connectivity index (χ4v) is 1.59. The van der Waals surface area contributed by atoms with Crippen LogP contribution in [-0.2, 0) is 0 Å². The lowest BCUT2D eigenvalue weighted by molar-refractivity contribution is 0.101. The first-order valence-electron chi connectivity index (χ1n) is 4.53. The number of ether oxygens (including phenoxy) is 1. The average Bonchev–Trinajstić information content (AvgIpc) is 2.20. The number of hydrogen-bond donors (Lipinski definition) is 0. The minimum Gasteiger partial charge on any atom is -0.492 e. The van der Waals surface area contributed by atoms with Gasteiger partial charge in [0, 0.05) is 5.56 Å². The monoisotopic (exact) mass is 226 g/mol. The lowest BCUT2D eigenvalue weighted by Gasteiger charge is -2.10. The molecule has 15 heavy (non-hydrogen) atoms. The number of hydrogen-bond acceptors (Lipinski definition) is 3. The summed E-state index contributed by atoms with van der Waals surface area (Å²) in [5, 5.41) is 0.203. The number of halogens is 1. The fraction of sp³-hybridized carbons (Fsp3) is 0.273. The summed E-state index contributed by atoms with van der Waals surface area (Å²) in [6.45, 7) is 3.59. The molecule has 0 amide bonds. The van der Waals surface area contributed by atoms with Crippen molar-refractivity contribution in [2.24, 2.45) is 0 Å². The SMILES string of the molecule is CCOc1c(C=O)ccc(C(C)=O)c1Cl. The molecular weight excluding hydrogens is 216 g/mol. The van der Waals surface area contributed by atoms with E-state index in [1.807, 2.05) is 0 Å². The molecule has 0 spiro atoms. The highest BCUT2D eigenvalue weighted by Gasteiger charge is 2.14. The lowest BCUT2D eigenvalue weighted by atomic mass is 10.1. The van der Waals surface area contributed by atoms with E-state index in [-0.39, 0.29) is 16.6 Å². The van der Waals surface area contributed by atoms with Gasteiger partial charge in [0.2, 0.25) is 0 Å². The van der Waals surface area contributed by atoms with Crippen molar-refractivity contribution in [1.82, 2.24) is 0 Å². The predicted molar refractivity (Wildman–Crippen MR) is 58.0 cm³/mol. The van der Waals surface area contributed by atoms with Crippen LogP contribution < -0.4 is 4.74 Å². The Kier molecular flexibility index (Phi) is 3.86. The molecule has 0 atom stereocenters. The summed E-state index contributed by atoms with van der Waals surface area (Å²) in [5.74, 6) is 0.125. The van der Waals surface area contributed by atoms with Gasteiger partial charge in [0.05, 0.1) is 17.2 Å². The molecule has 0 aliphatic carbocycles. The predicted octanol–water partition coefficient (Wildman–Crippen LogP) is 2.75. The second kappa shape index (κ2) is 4.94. The van der Waals surface area contributed by atoms with Crippen molar-refractivity contribution in [1.29, 1.82) is 0 Å². The van der Waals surface area contributed by atoms with Crippen molar-refractivity contribution >= 4 is 23.7 Å². The van der Waals surface area contributed by atoms with Gasteiger partial charge in [-0.05, 0) is 26.0 Å². The van der Waals surface area contributed by atoms with Crippen molar-refractivity contribution in [2.75, 3.05) is 6.61 Å². The third-order valence-electron chi connectivity index (χ3n) is 1.92. The Bertz CT molecular complexity index is 399. The maximum absolute atomic E-state index is 11.2. The summed E-state index contributed by atoms with van der Waals surface area (Å²) in [6.07, 6.45) is 0.654. The van der Waals surface area contributed by atoms with Crippen LogP contribution in [0.3, 0.4) is 0 Å². The molecule has 0 unspecified atom stereocenters. The zero-order valence-corrected chi connectivity index (χ0v) is 9.30. The van der Waals surface area contributed by atoms with E-state index in [1.165, 1.54) is 19.1 Å². The maximum Gasteiger partial charge on any atom is 0.161 e. The van der Waals surface area contributed by atoms with E-state index < -0.39 is 0 Å². The van der Waals surface area contributed by atoms with Crippen LogP contribution in [-0.4, -0.2) is 18.7 Å². The first-order chi connectivity index (χ1) is 7.11. The topological polar surface area (TPSA) is 43.4 Å². The summed E-state index contributed by atoms with van der Waals surface area (Å²) < 4.78 is 5.23. The Morgan fingerprint density at radius 3 is 2.67 bits per heavy atom. The summed E-state index contributed by atoms with van der Waals surface area (Å²) in [5.41, 5.74) is 0.720. The van der Waals surface area contributed by atoms with Crippen LogP contribution in [0.15, 0.2) is 12.1 Å². The van der Waals surface area contributed by atoms with Gasteiger partial charge in [0.1, 0.15) is 5.75 Å². The molecule has 0 saturated heterocycles. The van der Waals surface area contributed by atoms with Crippen LogP contribution in [0.5, 0.6) is 5.75 Å². The molecule has 0 fully saturated rings. The summed E-state index contributed by atoms with van der Waals surface area (Å²) >= 11 is 5.96. The second-order valence-electron chi connectivity index (χ2n) is 2.95. The van der Waals surface area contributed by atoms with Gasteiger partial charge in [-0.2, -0.15) is 0 Å². The molecular formula is C11H11ClO3. The van der Waals surface area contributed by atoms with E-state index in [1.54, 1.807) is 6.92 Å². The normalized spacial score (nSPS) is 9.80. The number of aldehydes is 1. The number of carbonyl (C=O) groups excluding carboxylic acids is 2. The Morgan fingerprint density at radius 2 is 2.20 bits per heavy atom. The third kappa shape index (κ3) is 2.36. The third-order valence-corrected chi connectivity index (χ3v) is 2.30. The molecule has 0 heterocycles. The molecule has 0 radical (unpaired) electrons. The van der Waals surface area contributed by atoms with Crippen LogP contribution in [0, 0.1) is 0 Å². The smallest absolute Gasteiger partial charge is 0.161 e. The van der Waals surface area contributed by atoms with Crippen LogP contribution in [0.4, 0.5) is 0 Å². The molecule has 3 nitrogen and oxygen atoms in total. The molecule has 0 aliphatic rings. The molecule has 0 aromatic heterocycles. The molecule has 0 bridgehead atoms. The van der Waals surface area contributed by atoms with Crippen molar-refractivity contribution < 1.29 is 14.3 Å². The summed E-state index contributed by atoms with van der Waals surface area (Å²) in [7, 11) is 0. The number of rotatable bonds is 4. The highest BCUT2D eigenvalue weighted by Crippen LogP contribution is 2.31. The minimum absolute atomic E-state index is 0.154. The maximum atomic E-state index is 11.2. The van der Waals surface area contributed by atoms with Crippen molar-refractivity contribution in [3.8, 4) is 5.75 Å². The van der Waals surface area contributed by atoms with E-state index in [9.17, 15) is 9.59 Å². The van der Waals surface area contributed by atoms with E-state index in [2.05, 4.69) is 0 Å². The molecule has 0 aliphatic heterocycles. The van der Waals surface area contributed by atoms with Gasteiger partial charge >= 0.3 is 0 Å². The van der Waals surface area contributed by atoms with Crippen molar-refractivity contribution in [3.63, 3.8) is 0 Å². The Hall–Kier alpha value is -1.35. The number of carbonyl (C=O) groups is 2. The largest absolute Gasteiger partial charge is 0.492 e. The zero-order chi connectivity index (χ0) is 11.4. The quantitative estimate of drug-likeness (QED) is 0.586. The van der Waals surface area contributed by atoms with E-state index in [4.69, 9.17) is 16.3 Å². The zero-order valence-electron chi connectivity index (χ0n) is 8.54. The highest BCUT2D eigenvalue weighted by atomic mass is 35.5. The lowest BCUT2D eigenvalue weighted by Crippen LogP contribution is -2.01. The van der Waals surface area contributed by atoms with Gasteiger partial charge in [-0.1, -0.05) is 11.6 Å².